The lowest BCUT2D eigenvalue weighted by Gasteiger charge is -2.40. The number of para-hydroxylation sites is 2. The highest BCUT2D eigenvalue weighted by Crippen LogP contribution is 2.49. The maximum Gasteiger partial charge on any atom is 0.0449 e. The SMILES string of the molecule is c1ccc(CN2CCC3(CC2)CN(c2ccccc2)c2ccccc23)cc1. The Balaban J connectivity index is 1.38. The lowest BCUT2D eigenvalue weighted by molar-refractivity contribution is 0.160. The van der Waals surface area contributed by atoms with Gasteiger partial charge in [-0.15, -0.1) is 0 Å². The molecule has 136 valence electrons. The van der Waals surface area contributed by atoms with Gasteiger partial charge in [0.2, 0.25) is 0 Å². The van der Waals surface area contributed by atoms with Crippen molar-refractivity contribution in [2.75, 3.05) is 24.5 Å². The van der Waals surface area contributed by atoms with Gasteiger partial charge in [0.1, 0.15) is 0 Å². The Hall–Kier alpha value is -2.58. The van der Waals surface area contributed by atoms with Gasteiger partial charge in [0.15, 0.2) is 0 Å². The van der Waals surface area contributed by atoms with Crippen molar-refractivity contribution in [1.82, 2.24) is 4.90 Å². The van der Waals surface area contributed by atoms with E-state index in [0.29, 0.717) is 5.41 Å². The number of likely N-dealkylation sites (tertiary alicyclic amines) is 1. The number of fused-ring (bicyclic) bond motifs is 2. The summed E-state index contributed by atoms with van der Waals surface area (Å²) in [7, 11) is 0. The van der Waals surface area contributed by atoms with E-state index in [9.17, 15) is 0 Å². The summed E-state index contributed by atoms with van der Waals surface area (Å²) in [6, 6.07) is 30.8. The van der Waals surface area contributed by atoms with Crippen LogP contribution in [0.15, 0.2) is 84.9 Å². The fourth-order valence-electron chi connectivity index (χ4n) is 4.88. The highest BCUT2D eigenvalue weighted by atomic mass is 15.2. The Bertz CT molecular complexity index is 896. The van der Waals surface area contributed by atoms with E-state index in [1.54, 1.807) is 5.56 Å². The van der Waals surface area contributed by atoms with E-state index in [0.717, 1.165) is 13.1 Å². The summed E-state index contributed by atoms with van der Waals surface area (Å²) in [5.41, 5.74) is 5.98. The first-order chi connectivity index (χ1) is 13.3. The normalized spacial score (nSPS) is 18.6. The average Bonchev–Trinajstić information content (AvgIpc) is 3.06. The van der Waals surface area contributed by atoms with Crippen LogP contribution in [0.1, 0.15) is 24.0 Å². The second kappa shape index (κ2) is 6.86. The minimum absolute atomic E-state index is 0.291. The minimum atomic E-state index is 0.291. The van der Waals surface area contributed by atoms with Crippen LogP contribution < -0.4 is 4.90 Å². The Labute approximate surface area is 162 Å². The molecule has 0 N–H and O–H groups in total. The Morgan fingerprint density at radius 3 is 2.07 bits per heavy atom. The molecule has 2 heteroatoms. The molecule has 3 aromatic carbocycles. The third kappa shape index (κ3) is 3.04. The van der Waals surface area contributed by atoms with Gasteiger partial charge in [-0.3, -0.25) is 4.90 Å². The molecule has 0 aliphatic carbocycles. The predicted molar refractivity (Wildman–Crippen MR) is 113 cm³/mol. The summed E-state index contributed by atoms with van der Waals surface area (Å²) in [5.74, 6) is 0. The molecule has 27 heavy (non-hydrogen) atoms. The second-order valence-corrected chi connectivity index (χ2v) is 7.98. The van der Waals surface area contributed by atoms with Crippen LogP contribution in [0.2, 0.25) is 0 Å². The number of anilines is 2. The van der Waals surface area contributed by atoms with Gasteiger partial charge >= 0.3 is 0 Å². The molecule has 2 aliphatic heterocycles. The van der Waals surface area contributed by atoms with Crippen LogP contribution in [0.5, 0.6) is 0 Å². The molecule has 0 unspecified atom stereocenters. The van der Waals surface area contributed by atoms with Gasteiger partial charge in [0, 0.05) is 29.9 Å². The molecule has 5 rings (SSSR count). The van der Waals surface area contributed by atoms with Crippen molar-refractivity contribution in [2.45, 2.75) is 24.8 Å². The van der Waals surface area contributed by atoms with E-state index in [-0.39, 0.29) is 0 Å². The third-order valence-corrected chi connectivity index (χ3v) is 6.36. The molecular formula is C25H26N2. The van der Waals surface area contributed by atoms with E-state index in [1.807, 2.05) is 0 Å². The van der Waals surface area contributed by atoms with E-state index < -0.39 is 0 Å². The highest BCUT2D eigenvalue weighted by molar-refractivity contribution is 5.72. The van der Waals surface area contributed by atoms with Crippen molar-refractivity contribution in [3.8, 4) is 0 Å². The van der Waals surface area contributed by atoms with Crippen molar-refractivity contribution < 1.29 is 0 Å². The van der Waals surface area contributed by atoms with Crippen LogP contribution in [0.3, 0.4) is 0 Å². The summed E-state index contributed by atoms with van der Waals surface area (Å²) in [4.78, 5) is 5.15. The zero-order valence-electron chi connectivity index (χ0n) is 15.7. The van der Waals surface area contributed by atoms with Crippen LogP contribution in [0.4, 0.5) is 11.4 Å². The van der Waals surface area contributed by atoms with Crippen LogP contribution in [0.25, 0.3) is 0 Å². The van der Waals surface area contributed by atoms with Crippen molar-refractivity contribution >= 4 is 11.4 Å². The first kappa shape index (κ1) is 16.6. The standard InChI is InChI=1S/C25H26N2/c1-3-9-21(10-4-1)19-26-17-15-25(16-18-26)20-27(22-11-5-2-6-12-22)24-14-8-7-13-23(24)25/h1-14H,15-20H2. The summed E-state index contributed by atoms with van der Waals surface area (Å²) < 4.78 is 0. The largest absolute Gasteiger partial charge is 0.340 e. The molecule has 1 saturated heterocycles. The van der Waals surface area contributed by atoms with Crippen LogP contribution >= 0.6 is 0 Å². The number of piperidine rings is 1. The second-order valence-electron chi connectivity index (χ2n) is 7.98. The molecule has 2 nitrogen and oxygen atoms in total. The van der Waals surface area contributed by atoms with Crippen LogP contribution in [-0.2, 0) is 12.0 Å². The summed E-state index contributed by atoms with van der Waals surface area (Å²) in [5, 5.41) is 0. The number of benzene rings is 3. The van der Waals surface area contributed by atoms with Crippen LogP contribution in [-0.4, -0.2) is 24.5 Å². The van der Waals surface area contributed by atoms with Crippen LogP contribution in [0, 0.1) is 0 Å². The van der Waals surface area contributed by atoms with Gasteiger partial charge in [-0.25, -0.2) is 0 Å². The highest BCUT2D eigenvalue weighted by Gasteiger charge is 2.44. The van der Waals surface area contributed by atoms with E-state index in [2.05, 4.69) is 94.7 Å². The van der Waals surface area contributed by atoms with E-state index >= 15 is 0 Å². The molecule has 2 aliphatic rings. The maximum absolute atomic E-state index is 2.62. The first-order valence-corrected chi connectivity index (χ1v) is 10.0. The third-order valence-electron chi connectivity index (χ3n) is 6.36. The molecule has 0 atom stereocenters. The Kier molecular flexibility index (Phi) is 4.21. The molecule has 0 bridgehead atoms. The van der Waals surface area contributed by atoms with Crippen molar-refractivity contribution in [3.05, 3.63) is 96.1 Å². The topological polar surface area (TPSA) is 6.48 Å². The molecule has 1 fully saturated rings. The summed E-state index contributed by atoms with van der Waals surface area (Å²) >= 11 is 0. The van der Waals surface area contributed by atoms with Gasteiger partial charge in [0.05, 0.1) is 0 Å². The zero-order valence-corrected chi connectivity index (χ0v) is 15.7. The first-order valence-electron chi connectivity index (χ1n) is 10.0. The quantitative estimate of drug-likeness (QED) is 0.624. The minimum Gasteiger partial charge on any atom is -0.340 e. The van der Waals surface area contributed by atoms with Gasteiger partial charge < -0.3 is 4.90 Å². The molecule has 3 aromatic rings. The van der Waals surface area contributed by atoms with Gasteiger partial charge in [-0.1, -0.05) is 66.7 Å². The predicted octanol–water partition coefficient (Wildman–Crippen LogP) is 5.37. The monoisotopic (exact) mass is 354 g/mol. The molecular weight excluding hydrogens is 328 g/mol. The molecule has 1 spiro atoms. The number of hydrogen-bond acceptors (Lipinski definition) is 2. The summed E-state index contributed by atoms with van der Waals surface area (Å²) in [6.07, 6.45) is 2.47. The van der Waals surface area contributed by atoms with E-state index in [1.165, 1.54) is 42.9 Å². The molecule has 2 heterocycles. The van der Waals surface area contributed by atoms with Gasteiger partial charge in [-0.05, 0) is 55.3 Å². The molecule has 0 amide bonds. The summed E-state index contributed by atoms with van der Waals surface area (Å²) in [6.45, 7) is 4.52. The molecule has 0 aromatic heterocycles. The Morgan fingerprint density at radius 2 is 1.33 bits per heavy atom. The number of nitrogens with zero attached hydrogens (tertiary/aromatic N) is 2. The van der Waals surface area contributed by atoms with E-state index in [4.69, 9.17) is 0 Å². The van der Waals surface area contributed by atoms with Crippen molar-refractivity contribution in [3.63, 3.8) is 0 Å². The Morgan fingerprint density at radius 1 is 0.704 bits per heavy atom. The average molecular weight is 354 g/mol. The fourth-order valence-corrected chi connectivity index (χ4v) is 4.88. The van der Waals surface area contributed by atoms with Gasteiger partial charge in [-0.2, -0.15) is 0 Å². The molecule has 0 radical (unpaired) electrons. The van der Waals surface area contributed by atoms with Crippen molar-refractivity contribution in [1.29, 1.82) is 0 Å². The maximum atomic E-state index is 2.62. The van der Waals surface area contributed by atoms with Crippen molar-refractivity contribution in [2.24, 2.45) is 0 Å². The fraction of sp³-hybridized carbons (Fsp3) is 0.280. The zero-order chi connectivity index (χ0) is 18.1. The number of hydrogen-bond donors (Lipinski definition) is 0. The lowest BCUT2D eigenvalue weighted by atomic mass is 9.74. The number of rotatable bonds is 3. The molecule has 0 saturated carbocycles. The van der Waals surface area contributed by atoms with Gasteiger partial charge in [0.25, 0.3) is 0 Å². The lowest BCUT2D eigenvalue weighted by Crippen LogP contribution is -2.44. The smallest absolute Gasteiger partial charge is 0.0449 e.